The lowest BCUT2D eigenvalue weighted by atomic mass is 10.1. The average molecular weight is 248 g/mol. The molecule has 1 saturated carbocycles. The molecule has 1 fully saturated rings. The lowest BCUT2D eigenvalue weighted by Crippen LogP contribution is -2.33. The first-order valence-corrected chi connectivity index (χ1v) is 6.20. The number of nitrogen functional groups attached to an aromatic ring is 1. The van der Waals surface area contributed by atoms with Gasteiger partial charge in [-0.05, 0) is 25.8 Å². The zero-order valence-electron chi connectivity index (χ0n) is 10.3. The Bertz CT molecular complexity index is 497. The number of anilines is 1. The van der Waals surface area contributed by atoms with E-state index in [0.29, 0.717) is 35.3 Å². The largest absolute Gasteiger partial charge is 0.454 e. The lowest BCUT2D eigenvalue weighted by molar-refractivity contribution is 0.0753. The van der Waals surface area contributed by atoms with Crippen LogP contribution in [0.5, 0.6) is 11.5 Å². The van der Waals surface area contributed by atoms with Gasteiger partial charge in [0.05, 0.1) is 5.56 Å². The first kappa shape index (κ1) is 11.2. The Morgan fingerprint density at radius 1 is 1.39 bits per heavy atom. The molecule has 3 rings (SSSR count). The monoisotopic (exact) mass is 248 g/mol. The van der Waals surface area contributed by atoms with Gasteiger partial charge < -0.3 is 20.1 Å². The van der Waals surface area contributed by atoms with Crippen LogP contribution >= 0.6 is 0 Å². The Kier molecular flexibility index (Phi) is 2.54. The predicted molar refractivity (Wildman–Crippen MR) is 66.7 cm³/mol. The first-order valence-electron chi connectivity index (χ1n) is 6.20. The summed E-state index contributed by atoms with van der Waals surface area (Å²) < 4.78 is 10.5. The molecule has 96 valence electrons. The van der Waals surface area contributed by atoms with Gasteiger partial charge >= 0.3 is 0 Å². The molecule has 1 heterocycles. The normalized spacial score (nSPS) is 16.7. The van der Waals surface area contributed by atoms with Crippen LogP contribution in [0.1, 0.15) is 30.1 Å². The minimum atomic E-state index is -0.0178. The van der Waals surface area contributed by atoms with Gasteiger partial charge in [0.15, 0.2) is 11.5 Å². The Balaban J connectivity index is 1.93. The molecular formula is C13H16N2O3. The third-order valence-electron chi connectivity index (χ3n) is 3.36. The van der Waals surface area contributed by atoms with Crippen LogP contribution in [0, 0.1) is 0 Å². The van der Waals surface area contributed by atoms with Gasteiger partial charge in [0.1, 0.15) is 0 Å². The van der Waals surface area contributed by atoms with Crippen LogP contribution in [0.4, 0.5) is 5.69 Å². The number of carbonyl (C=O) groups excluding carboxylic acids is 1. The van der Waals surface area contributed by atoms with Crippen LogP contribution in [0.25, 0.3) is 0 Å². The summed E-state index contributed by atoms with van der Waals surface area (Å²) in [6.07, 6.45) is 2.17. The van der Waals surface area contributed by atoms with Gasteiger partial charge in [-0.2, -0.15) is 0 Å². The topological polar surface area (TPSA) is 64.8 Å². The molecule has 0 atom stereocenters. The molecule has 0 radical (unpaired) electrons. The van der Waals surface area contributed by atoms with E-state index in [-0.39, 0.29) is 12.7 Å². The molecule has 1 aromatic carbocycles. The van der Waals surface area contributed by atoms with Crippen molar-refractivity contribution < 1.29 is 14.3 Å². The van der Waals surface area contributed by atoms with E-state index < -0.39 is 0 Å². The zero-order valence-corrected chi connectivity index (χ0v) is 10.3. The Morgan fingerprint density at radius 2 is 2.06 bits per heavy atom. The van der Waals surface area contributed by atoms with Crippen molar-refractivity contribution in [2.75, 3.05) is 19.1 Å². The molecule has 0 unspecified atom stereocenters. The van der Waals surface area contributed by atoms with Crippen molar-refractivity contribution in [1.29, 1.82) is 0 Å². The maximum atomic E-state index is 12.4. The van der Waals surface area contributed by atoms with Gasteiger partial charge in [-0.1, -0.05) is 0 Å². The summed E-state index contributed by atoms with van der Waals surface area (Å²) in [5, 5.41) is 0. The van der Waals surface area contributed by atoms with Crippen molar-refractivity contribution in [3.8, 4) is 11.5 Å². The summed E-state index contributed by atoms with van der Waals surface area (Å²) in [7, 11) is 0. The third-order valence-corrected chi connectivity index (χ3v) is 3.36. The van der Waals surface area contributed by atoms with Gasteiger partial charge in [-0.3, -0.25) is 4.79 Å². The summed E-state index contributed by atoms with van der Waals surface area (Å²) in [5.41, 5.74) is 6.88. The van der Waals surface area contributed by atoms with Gasteiger partial charge in [0.25, 0.3) is 5.91 Å². The molecule has 2 N–H and O–H groups in total. The van der Waals surface area contributed by atoms with Crippen molar-refractivity contribution in [2.24, 2.45) is 0 Å². The van der Waals surface area contributed by atoms with Crippen LogP contribution in [0.15, 0.2) is 12.1 Å². The van der Waals surface area contributed by atoms with E-state index in [0.717, 1.165) is 12.8 Å². The molecule has 1 aliphatic heterocycles. The van der Waals surface area contributed by atoms with E-state index in [1.165, 1.54) is 0 Å². The second kappa shape index (κ2) is 4.08. The lowest BCUT2D eigenvalue weighted by Gasteiger charge is -2.21. The van der Waals surface area contributed by atoms with Crippen molar-refractivity contribution >= 4 is 11.6 Å². The zero-order chi connectivity index (χ0) is 12.7. The molecule has 0 bridgehead atoms. The smallest absolute Gasteiger partial charge is 0.256 e. The fraction of sp³-hybridized carbons (Fsp3) is 0.462. The van der Waals surface area contributed by atoms with E-state index in [1.54, 1.807) is 12.1 Å². The van der Waals surface area contributed by atoms with Crippen molar-refractivity contribution in [3.05, 3.63) is 17.7 Å². The Labute approximate surface area is 105 Å². The number of amides is 1. The van der Waals surface area contributed by atoms with Crippen LogP contribution in [0.3, 0.4) is 0 Å². The van der Waals surface area contributed by atoms with Crippen LogP contribution in [-0.2, 0) is 0 Å². The van der Waals surface area contributed by atoms with Crippen molar-refractivity contribution in [2.45, 2.75) is 25.8 Å². The second-order valence-corrected chi connectivity index (χ2v) is 4.62. The molecule has 2 aliphatic rings. The fourth-order valence-corrected chi connectivity index (χ4v) is 2.25. The van der Waals surface area contributed by atoms with E-state index >= 15 is 0 Å². The summed E-state index contributed by atoms with van der Waals surface area (Å²) in [6.45, 7) is 2.88. The molecule has 0 saturated heterocycles. The number of rotatable bonds is 3. The highest BCUT2D eigenvalue weighted by Gasteiger charge is 2.33. The van der Waals surface area contributed by atoms with Gasteiger partial charge in [-0.15, -0.1) is 0 Å². The molecule has 18 heavy (non-hydrogen) atoms. The number of carbonyl (C=O) groups is 1. The summed E-state index contributed by atoms with van der Waals surface area (Å²) >= 11 is 0. The maximum Gasteiger partial charge on any atom is 0.256 e. The van der Waals surface area contributed by atoms with Crippen molar-refractivity contribution in [3.63, 3.8) is 0 Å². The highest BCUT2D eigenvalue weighted by atomic mass is 16.7. The summed E-state index contributed by atoms with van der Waals surface area (Å²) in [6, 6.07) is 3.73. The highest BCUT2D eigenvalue weighted by Crippen LogP contribution is 2.37. The van der Waals surface area contributed by atoms with E-state index in [9.17, 15) is 4.79 Å². The van der Waals surface area contributed by atoms with E-state index in [2.05, 4.69) is 0 Å². The van der Waals surface area contributed by atoms with Crippen LogP contribution in [-0.4, -0.2) is 30.2 Å². The average Bonchev–Trinajstić information content (AvgIpc) is 3.07. The molecule has 1 aliphatic carbocycles. The highest BCUT2D eigenvalue weighted by molar-refractivity contribution is 6.00. The minimum Gasteiger partial charge on any atom is -0.454 e. The number of nitrogens with two attached hydrogens (primary N) is 1. The quantitative estimate of drug-likeness (QED) is 0.825. The standard InChI is InChI=1S/C13H16N2O3/c1-2-15(8-3-4-8)13(16)9-5-11-12(6-10(9)14)18-7-17-11/h5-6,8H,2-4,7,14H2,1H3. The molecular weight excluding hydrogens is 232 g/mol. The van der Waals surface area contributed by atoms with Gasteiger partial charge in [0, 0.05) is 24.3 Å². The Hall–Kier alpha value is -1.91. The Morgan fingerprint density at radius 3 is 2.67 bits per heavy atom. The van der Waals surface area contributed by atoms with Crippen LogP contribution in [0.2, 0.25) is 0 Å². The predicted octanol–water partition coefficient (Wildman–Crippen LogP) is 1.62. The molecule has 5 heteroatoms. The van der Waals surface area contributed by atoms with Crippen molar-refractivity contribution in [1.82, 2.24) is 4.90 Å². The minimum absolute atomic E-state index is 0.0178. The van der Waals surface area contributed by atoms with E-state index in [1.807, 2.05) is 11.8 Å². The molecule has 5 nitrogen and oxygen atoms in total. The maximum absolute atomic E-state index is 12.4. The number of benzene rings is 1. The second-order valence-electron chi connectivity index (χ2n) is 4.62. The van der Waals surface area contributed by atoms with E-state index in [4.69, 9.17) is 15.2 Å². The summed E-state index contributed by atoms with van der Waals surface area (Å²) in [4.78, 5) is 14.3. The molecule has 1 amide bonds. The summed E-state index contributed by atoms with van der Waals surface area (Å²) in [5.74, 6) is 1.19. The number of hydrogen-bond donors (Lipinski definition) is 1. The number of hydrogen-bond acceptors (Lipinski definition) is 4. The first-order chi connectivity index (χ1) is 8.70. The third kappa shape index (κ3) is 1.75. The molecule has 1 aromatic rings. The molecule has 0 spiro atoms. The van der Waals surface area contributed by atoms with Crippen LogP contribution < -0.4 is 15.2 Å². The SMILES string of the molecule is CCN(C(=O)c1cc2c(cc1N)OCO2)C1CC1. The number of nitrogens with zero attached hydrogens (tertiary/aromatic N) is 1. The van der Waals surface area contributed by atoms with Gasteiger partial charge in [0.2, 0.25) is 6.79 Å². The number of fused-ring (bicyclic) bond motifs is 1. The van der Waals surface area contributed by atoms with Gasteiger partial charge in [-0.25, -0.2) is 0 Å². The fourth-order valence-electron chi connectivity index (χ4n) is 2.25. The number of ether oxygens (including phenoxy) is 2. The molecule has 0 aromatic heterocycles.